The minimum Gasteiger partial charge on any atom is -0.311 e. The van der Waals surface area contributed by atoms with Crippen LogP contribution in [0, 0.1) is 17.8 Å². The quantitative estimate of drug-likeness (QED) is 0.840. The zero-order valence-corrected chi connectivity index (χ0v) is 14.4. The van der Waals surface area contributed by atoms with Crippen LogP contribution in [0.25, 0.3) is 0 Å². The van der Waals surface area contributed by atoms with E-state index in [0.29, 0.717) is 6.04 Å². The number of nitrogens with zero attached hydrogens (tertiary/aromatic N) is 1. The van der Waals surface area contributed by atoms with Gasteiger partial charge >= 0.3 is 0 Å². The second-order valence-corrected chi connectivity index (χ2v) is 8.16. The van der Waals surface area contributed by atoms with E-state index in [-0.39, 0.29) is 0 Å². The average Bonchev–Trinajstić information content (AvgIpc) is 2.38. The molecular formula is C18H36N2. The zero-order valence-electron chi connectivity index (χ0n) is 14.4. The van der Waals surface area contributed by atoms with Crippen molar-refractivity contribution >= 4 is 0 Å². The van der Waals surface area contributed by atoms with E-state index in [9.17, 15) is 0 Å². The highest BCUT2D eigenvalue weighted by Crippen LogP contribution is 2.31. The van der Waals surface area contributed by atoms with Crippen molar-refractivity contribution in [1.82, 2.24) is 10.2 Å². The predicted octanol–water partition coefficient (Wildman–Crippen LogP) is 3.91. The molecule has 0 radical (unpaired) electrons. The van der Waals surface area contributed by atoms with E-state index < -0.39 is 0 Å². The van der Waals surface area contributed by atoms with E-state index in [1.165, 1.54) is 45.2 Å². The summed E-state index contributed by atoms with van der Waals surface area (Å²) in [5, 5.41) is 3.82. The summed E-state index contributed by atoms with van der Waals surface area (Å²) in [6, 6.07) is 2.32. The van der Waals surface area contributed by atoms with E-state index in [2.05, 4.69) is 44.8 Å². The second-order valence-electron chi connectivity index (χ2n) is 8.16. The lowest BCUT2D eigenvalue weighted by Crippen LogP contribution is -2.61. The number of rotatable bonds is 4. The molecule has 1 saturated carbocycles. The van der Waals surface area contributed by atoms with Gasteiger partial charge in [0.05, 0.1) is 0 Å². The number of hydrogen-bond donors (Lipinski definition) is 1. The van der Waals surface area contributed by atoms with Crippen LogP contribution in [0.2, 0.25) is 0 Å². The summed E-state index contributed by atoms with van der Waals surface area (Å²) < 4.78 is 0. The Morgan fingerprint density at radius 2 is 1.70 bits per heavy atom. The normalized spacial score (nSPS) is 36.8. The van der Waals surface area contributed by atoms with E-state index in [0.717, 1.165) is 29.8 Å². The van der Waals surface area contributed by atoms with Crippen LogP contribution in [-0.4, -0.2) is 36.1 Å². The van der Waals surface area contributed by atoms with Crippen LogP contribution in [0.1, 0.15) is 66.7 Å². The zero-order chi connectivity index (χ0) is 14.7. The molecule has 1 saturated heterocycles. The van der Waals surface area contributed by atoms with Crippen LogP contribution in [0.5, 0.6) is 0 Å². The average molecular weight is 280 g/mol. The first-order valence-corrected chi connectivity index (χ1v) is 8.96. The maximum Gasteiger partial charge on any atom is 0.0247 e. The van der Waals surface area contributed by atoms with Crippen molar-refractivity contribution in [3.63, 3.8) is 0 Å². The van der Waals surface area contributed by atoms with Gasteiger partial charge in [-0.05, 0) is 49.9 Å². The van der Waals surface area contributed by atoms with Gasteiger partial charge in [-0.25, -0.2) is 0 Å². The standard InChI is InChI=1S/C18H36N2/c1-13(2)10-16-12-20(18(11-19-16)14(3)4)17-8-6-15(5)7-9-17/h13-19H,6-12H2,1-5H3. The second kappa shape index (κ2) is 7.26. The Kier molecular flexibility index (Phi) is 5.92. The molecule has 0 aromatic rings. The van der Waals surface area contributed by atoms with Crippen molar-refractivity contribution in [2.24, 2.45) is 17.8 Å². The Balaban J connectivity index is 1.99. The summed E-state index contributed by atoms with van der Waals surface area (Å²) in [6.07, 6.45) is 7.06. The highest BCUT2D eigenvalue weighted by Gasteiger charge is 2.35. The molecule has 2 aliphatic rings. The molecule has 1 N–H and O–H groups in total. The molecule has 2 nitrogen and oxygen atoms in total. The van der Waals surface area contributed by atoms with Gasteiger partial charge in [0.2, 0.25) is 0 Å². The van der Waals surface area contributed by atoms with Gasteiger partial charge in [0.15, 0.2) is 0 Å². The minimum absolute atomic E-state index is 0.712. The third-order valence-electron chi connectivity index (χ3n) is 5.45. The van der Waals surface area contributed by atoms with Crippen LogP contribution in [0.15, 0.2) is 0 Å². The Bertz CT molecular complexity index is 279. The first-order valence-electron chi connectivity index (χ1n) is 8.96. The molecule has 118 valence electrons. The van der Waals surface area contributed by atoms with E-state index in [1.54, 1.807) is 0 Å². The molecule has 2 unspecified atom stereocenters. The van der Waals surface area contributed by atoms with Gasteiger partial charge in [-0.2, -0.15) is 0 Å². The Morgan fingerprint density at radius 1 is 1.05 bits per heavy atom. The van der Waals surface area contributed by atoms with Crippen LogP contribution < -0.4 is 5.32 Å². The fourth-order valence-corrected chi connectivity index (χ4v) is 4.20. The SMILES string of the molecule is CC(C)CC1CN(C2CCC(C)CC2)C(C(C)C)CN1. The Hall–Kier alpha value is -0.0800. The van der Waals surface area contributed by atoms with Crippen LogP contribution in [-0.2, 0) is 0 Å². The molecule has 2 fully saturated rings. The molecule has 2 atom stereocenters. The molecule has 0 bridgehead atoms. The smallest absolute Gasteiger partial charge is 0.0247 e. The minimum atomic E-state index is 0.712. The largest absolute Gasteiger partial charge is 0.311 e. The summed E-state index contributed by atoms with van der Waals surface area (Å²) in [5.74, 6) is 2.52. The van der Waals surface area contributed by atoms with Crippen molar-refractivity contribution in [3.05, 3.63) is 0 Å². The van der Waals surface area contributed by atoms with Gasteiger partial charge in [0, 0.05) is 31.2 Å². The van der Waals surface area contributed by atoms with Gasteiger partial charge in [0.1, 0.15) is 0 Å². The molecule has 1 aliphatic heterocycles. The van der Waals surface area contributed by atoms with Crippen LogP contribution in [0.3, 0.4) is 0 Å². The summed E-state index contributed by atoms with van der Waals surface area (Å²) in [7, 11) is 0. The first kappa shape index (κ1) is 16.3. The van der Waals surface area contributed by atoms with Crippen molar-refractivity contribution in [2.75, 3.05) is 13.1 Å². The molecule has 2 heteroatoms. The van der Waals surface area contributed by atoms with Crippen molar-refractivity contribution in [1.29, 1.82) is 0 Å². The van der Waals surface area contributed by atoms with E-state index in [1.807, 2.05) is 0 Å². The monoisotopic (exact) mass is 280 g/mol. The highest BCUT2D eigenvalue weighted by molar-refractivity contribution is 4.92. The molecule has 1 heterocycles. The van der Waals surface area contributed by atoms with Gasteiger partial charge in [-0.3, -0.25) is 4.90 Å². The van der Waals surface area contributed by atoms with E-state index in [4.69, 9.17) is 0 Å². The predicted molar refractivity (Wildman–Crippen MR) is 88.0 cm³/mol. The lowest BCUT2D eigenvalue weighted by atomic mass is 9.84. The molecule has 2 rings (SSSR count). The van der Waals surface area contributed by atoms with Crippen LogP contribution >= 0.6 is 0 Å². The van der Waals surface area contributed by atoms with Gasteiger partial charge < -0.3 is 5.32 Å². The molecule has 0 amide bonds. The Morgan fingerprint density at radius 3 is 2.25 bits per heavy atom. The lowest BCUT2D eigenvalue weighted by Gasteiger charge is -2.48. The van der Waals surface area contributed by atoms with Crippen molar-refractivity contribution in [3.8, 4) is 0 Å². The van der Waals surface area contributed by atoms with Gasteiger partial charge in [0.25, 0.3) is 0 Å². The fraction of sp³-hybridized carbons (Fsp3) is 1.00. The van der Waals surface area contributed by atoms with Crippen molar-refractivity contribution < 1.29 is 0 Å². The van der Waals surface area contributed by atoms with Gasteiger partial charge in [-0.15, -0.1) is 0 Å². The van der Waals surface area contributed by atoms with Gasteiger partial charge in [-0.1, -0.05) is 34.6 Å². The number of nitrogens with one attached hydrogen (secondary N) is 1. The Labute approximate surface area is 126 Å². The summed E-state index contributed by atoms with van der Waals surface area (Å²) >= 11 is 0. The number of piperazine rings is 1. The summed E-state index contributed by atoms with van der Waals surface area (Å²) in [4.78, 5) is 2.89. The maximum atomic E-state index is 3.82. The van der Waals surface area contributed by atoms with Crippen molar-refractivity contribution in [2.45, 2.75) is 84.8 Å². The number of hydrogen-bond acceptors (Lipinski definition) is 2. The molecule has 0 aromatic heterocycles. The molecule has 0 aromatic carbocycles. The topological polar surface area (TPSA) is 15.3 Å². The molecule has 1 aliphatic carbocycles. The molecule has 20 heavy (non-hydrogen) atoms. The van der Waals surface area contributed by atoms with Crippen LogP contribution in [0.4, 0.5) is 0 Å². The third-order valence-corrected chi connectivity index (χ3v) is 5.45. The summed E-state index contributed by atoms with van der Waals surface area (Å²) in [6.45, 7) is 14.4. The fourth-order valence-electron chi connectivity index (χ4n) is 4.20. The lowest BCUT2D eigenvalue weighted by molar-refractivity contribution is 0.0298. The molecule has 0 spiro atoms. The maximum absolute atomic E-state index is 3.82. The molecular weight excluding hydrogens is 244 g/mol. The van der Waals surface area contributed by atoms with E-state index >= 15 is 0 Å². The third kappa shape index (κ3) is 4.21. The first-order chi connectivity index (χ1) is 9.47. The highest BCUT2D eigenvalue weighted by atomic mass is 15.3. The summed E-state index contributed by atoms with van der Waals surface area (Å²) in [5.41, 5.74) is 0.